The molecule has 1 atom stereocenters. The Bertz CT molecular complexity index is 919. The molecule has 5 nitrogen and oxygen atoms in total. The molecule has 120 valence electrons. The van der Waals surface area contributed by atoms with Crippen molar-refractivity contribution in [3.05, 3.63) is 76.5 Å². The van der Waals surface area contributed by atoms with Gasteiger partial charge in [-0.1, -0.05) is 40.2 Å². The second-order valence-electron chi connectivity index (χ2n) is 5.47. The van der Waals surface area contributed by atoms with Crippen molar-refractivity contribution in [2.75, 3.05) is 12.4 Å². The van der Waals surface area contributed by atoms with E-state index in [2.05, 4.69) is 49.5 Å². The van der Waals surface area contributed by atoms with Gasteiger partial charge in [-0.25, -0.2) is 4.68 Å². The summed E-state index contributed by atoms with van der Waals surface area (Å²) in [6.07, 6.45) is 3.72. The summed E-state index contributed by atoms with van der Waals surface area (Å²) in [5.41, 5.74) is 3.17. The summed E-state index contributed by atoms with van der Waals surface area (Å²) in [5.74, 6) is 1.54. The number of methoxy groups -OCH3 is 1. The predicted octanol–water partition coefficient (Wildman–Crippen LogP) is 4.11. The lowest BCUT2D eigenvalue weighted by atomic mass is 10.0. The first kappa shape index (κ1) is 15.0. The average Bonchev–Trinajstić information content (AvgIpc) is 3.09. The Morgan fingerprint density at radius 1 is 1.17 bits per heavy atom. The third-order valence-electron chi connectivity index (χ3n) is 3.98. The van der Waals surface area contributed by atoms with Gasteiger partial charge in [-0.15, -0.1) is 0 Å². The van der Waals surface area contributed by atoms with Gasteiger partial charge in [-0.05, 0) is 35.9 Å². The fraction of sp³-hybridized carbons (Fsp3) is 0.111. The minimum atomic E-state index is -0.0255. The Kier molecular flexibility index (Phi) is 3.82. The lowest BCUT2D eigenvalue weighted by Gasteiger charge is -2.24. The number of hydrogen-bond donors (Lipinski definition) is 1. The van der Waals surface area contributed by atoms with E-state index in [1.807, 2.05) is 41.1 Å². The normalized spacial score (nSPS) is 16.1. The van der Waals surface area contributed by atoms with Crippen LogP contribution in [0.2, 0.25) is 0 Å². The first-order valence-corrected chi connectivity index (χ1v) is 8.32. The van der Waals surface area contributed by atoms with E-state index in [4.69, 9.17) is 4.74 Å². The van der Waals surface area contributed by atoms with Gasteiger partial charge in [0, 0.05) is 15.7 Å². The largest absolute Gasteiger partial charge is 0.497 e. The van der Waals surface area contributed by atoms with Crippen LogP contribution < -0.4 is 10.1 Å². The quantitative estimate of drug-likeness (QED) is 0.740. The van der Waals surface area contributed by atoms with Gasteiger partial charge < -0.3 is 10.1 Å². The van der Waals surface area contributed by atoms with Crippen LogP contribution in [0.5, 0.6) is 5.75 Å². The first-order chi connectivity index (χ1) is 11.7. The standard InChI is InChI=1S/C18H15BrN4O/c1-24-15-7-3-4-12(9-15)16-10-17(13-5-2-6-14(19)8-13)23-18(22-16)20-11-21-23/h2-11,17H,1H3,(H,20,21,22). The molecule has 0 bridgehead atoms. The van der Waals surface area contributed by atoms with Gasteiger partial charge in [0.05, 0.1) is 7.11 Å². The Labute approximate surface area is 148 Å². The van der Waals surface area contributed by atoms with Crippen molar-refractivity contribution in [1.82, 2.24) is 14.8 Å². The Balaban J connectivity index is 1.81. The van der Waals surface area contributed by atoms with Gasteiger partial charge in [0.15, 0.2) is 0 Å². The van der Waals surface area contributed by atoms with E-state index in [9.17, 15) is 0 Å². The molecule has 1 N–H and O–H groups in total. The molecule has 0 saturated heterocycles. The van der Waals surface area contributed by atoms with E-state index < -0.39 is 0 Å². The molecule has 4 rings (SSSR count). The monoisotopic (exact) mass is 382 g/mol. The molecule has 0 fully saturated rings. The second kappa shape index (κ2) is 6.13. The first-order valence-electron chi connectivity index (χ1n) is 7.53. The van der Waals surface area contributed by atoms with Gasteiger partial charge in [0.1, 0.15) is 18.1 Å². The Hall–Kier alpha value is -2.60. The molecule has 0 amide bonds. The summed E-state index contributed by atoms with van der Waals surface area (Å²) >= 11 is 3.54. The highest BCUT2D eigenvalue weighted by Crippen LogP contribution is 2.33. The fourth-order valence-electron chi connectivity index (χ4n) is 2.82. The van der Waals surface area contributed by atoms with Gasteiger partial charge in [-0.2, -0.15) is 10.1 Å². The van der Waals surface area contributed by atoms with Crippen molar-refractivity contribution in [2.24, 2.45) is 0 Å². The van der Waals surface area contributed by atoms with E-state index in [1.165, 1.54) is 0 Å². The maximum atomic E-state index is 5.33. The molecule has 2 aromatic carbocycles. The van der Waals surface area contributed by atoms with Crippen molar-refractivity contribution in [3.63, 3.8) is 0 Å². The van der Waals surface area contributed by atoms with Crippen LogP contribution in [0.25, 0.3) is 5.70 Å². The molecule has 24 heavy (non-hydrogen) atoms. The van der Waals surface area contributed by atoms with Crippen LogP contribution in [0.4, 0.5) is 5.95 Å². The number of rotatable bonds is 3. The molecule has 0 aliphatic carbocycles. The third-order valence-corrected chi connectivity index (χ3v) is 4.47. The smallest absolute Gasteiger partial charge is 0.226 e. The van der Waals surface area contributed by atoms with E-state index in [-0.39, 0.29) is 6.04 Å². The summed E-state index contributed by atoms with van der Waals surface area (Å²) in [4.78, 5) is 4.33. The zero-order valence-corrected chi connectivity index (χ0v) is 14.6. The van der Waals surface area contributed by atoms with Crippen molar-refractivity contribution in [2.45, 2.75) is 6.04 Å². The number of hydrogen-bond acceptors (Lipinski definition) is 4. The van der Waals surface area contributed by atoms with Crippen LogP contribution in [-0.4, -0.2) is 21.9 Å². The Morgan fingerprint density at radius 3 is 2.88 bits per heavy atom. The molecule has 3 aromatic rings. The minimum Gasteiger partial charge on any atom is -0.497 e. The van der Waals surface area contributed by atoms with Crippen LogP contribution >= 0.6 is 15.9 Å². The highest BCUT2D eigenvalue weighted by Gasteiger charge is 2.23. The van der Waals surface area contributed by atoms with E-state index in [0.717, 1.165) is 33.0 Å². The minimum absolute atomic E-state index is 0.0255. The molecular formula is C18H15BrN4O. The molecule has 1 unspecified atom stereocenters. The zero-order valence-electron chi connectivity index (χ0n) is 13.0. The molecule has 2 heterocycles. The SMILES string of the molecule is COc1cccc(C2=CC(c3cccc(Br)c3)n3ncnc3N2)c1. The summed E-state index contributed by atoms with van der Waals surface area (Å²) < 4.78 is 8.25. The Morgan fingerprint density at radius 2 is 2.04 bits per heavy atom. The van der Waals surface area contributed by atoms with Gasteiger partial charge in [0.25, 0.3) is 0 Å². The molecule has 6 heteroatoms. The highest BCUT2D eigenvalue weighted by atomic mass is 79.9. The van der Waals surface area contributed by atoms with Gasteiger partial charge in [0.2, 0.25) is 5.95 Å². The molecular weight excluding hydrogens is 368 g/mol. The number of fused-ring (bicyclic) bond motifs is 1. The molecule has 0 spiro atoms. The van der Waals surface area contributed by atoms with Gasteiger partial charge in [-0.3, -0.25) is 0 Å². The molecule has 1 aliphatic rings. The van der Waals surface area contributed by atoms with E-state index in [0.29, 0.717) is 0 Å². The number of halogens is 1. The number of anilines is 1. The topological polar surface area (TPSA) is 52.0 Å². The van der Waals surface area contributed by atoms with Crippen LogP contribution in [0.3, 0.4) is 0 Å². The van der Waals surface area contributed by atoms with Gasteiger partial charge >= 0.3 is 0 Å². The highest BCUT2D eigenvalue weighted by molar-refractivity contribution is 9.10. The zero-order chi connectivity index (χ0) is 16.5. The number of ether oxygens (including phenoxy) is 1. The van der Waals surface area contributed by atoms with Crippen LogP contribution in [0.15, 0.2) is 65.4 Å². The molecule has 1 aliphatic heterocycles. The van der Waals surface area contributed by atoms with Crippen LogP contribution in [0.1, 0.15) is 17.2 Å². The maximum Gasteiger partial charge on any atom is 0.226 e. The van der Waals surface area contributed by atoms with Crippen molar-refractivity contribution in [1.29, 1.82) is 0 Å². The number of nitrogens with one attached hydrogen (secondary N) is 1. The molecule has 1 aromatic heterocycles. The van der Waals surface area contributed by atoms with E-state index in [1.54, 1.807) is 13.4 Å². The number of allylic oxidation sites excluding steroid dienone is 1. The van der Waals surface area contributed by atoms with Crippen LogP contribution in [0, 0.1) is 0 Å². The van der Waals surface area contributed by atoms with Crippen molar-refractivity contribution >= 4 is 27.6 Å². The third kappa shape index (κ3) is 2.69. The number of nitrogens with zero attached hydrogens (tertiary/aromatic N) is 3. The fourth-order valence-corrected chi connectivity index (χ4v) is 3.24. The van der Waals surface area contributed by atoms with Crippen molar-refractivity contribution in [3.8, 4) is 5.75 Å². The maximum absolute atomic E-state index is 5.33. The number of aromatic nitrogens is 3. The van der Waals surface area contributed by atoms with Crippen LogP contribution in [-0.2, 0) is 0 Å². The summed E-state index contributed by atoms with van der Waals surface area (Å²) in [6.45, 7) is 0. The summed E-state index contributed by atoms with van der Waals surface area (Å²) in [7, 11) is 1.67. The van der Waals surface area contributed by atoms with Crippen molar-refractivity contribution < 1.29 is 4.74 Å². The second-order valence-corrected chi connectivity index (χ2v) is 6.38. The molecule has 0 radical (unpaired) electrons. The average molecular weight is 383 g/mol. The summed E-state index contributed by atoms with van der Waals surface area (Å²) in [6, 6.07) is 16.2. The molecule has 0 saturated carbocycles. The predicted molar refractivity (Wildman–Crippen MR) is 96.9 cm³/mol. The van der Waals surface area contributed by atoms with E-state index >= 15 is 0 Å². The number of benzene rings is 2. The lowest BCUT2D eigenvalue weighted by Crippen LogP contribution is -2.20. The summed E-state index contributed by atoms with van der Waals surface area (Å²) in [5, 5.41) is 7.71. The lowest BCUT2D eigenvalue weighted by molar-refractivity contribution is 0.414.